The van der Waals surface area contributed by atoms with Crippen molar-refractivity contribution in [2.45, 2.75) is 19.1 Å². The van der Waals surface area contributed by atoms with Crippen LogP contribution in [0, 0.1) is 0 Å². The number of nitrogens with one attached hydrogen (secondary N) is 1. The summed E-state index contributed by atoms with van der Waals surface area (Å²) in [4.78, 5) is 14.9. The number of halogens is 3. The molecule has 1 atom stereocenters. The van der Waals surface area contributed by atoms with Gasteiger partial charge in [-0.25, -0.2) is 0 Å². The van der Waals surface area contributed by atoms with E-state index in [2.05, 4.69) is 5.32 Å². The molecule has 1 unspecified atom stereocenters. The van der Waals surface area contributed by atoms with Crippen molar-refractivity contribution in [3.05, 3.63) is 52.2 Å². The molecule has 0 radical (unpaired) electrons. The summed E-state index contributed by atoms with van der Waals surface area (Å²) in [5, 5.41) is 4.29. The van der Waals surface area contributed by atoms with Crippen LogP contribution in [0.15, 0.2) is 41.8 Å². The van der Waals surface area contributed by atoms with E-state index < -0.39 is 17.6 Å². The third-order valence-electron chi connectivity index (χ3n) is 3.52. The fraction of sp³-hybridized carbons (Fsp3) is 0.312. The minimum Gasteiger partial charge on any atom is -0.324 e. The molecule has 0 saturated heterocycles. The van der Waals surface area contributed by atoms with Crippen LogP contribution < -0.4 is 5.32 Å². The fourth-order valence-corrected chi connectivity index (χ4v) is 2.99. The van der Waals surface area contributed by atoms with Crippen LogP contribution in [-0.2, 0) is 11.0 Å². The van der Waals surface area contributed by atoms with Crippen LogP contribution in [0.3, 0.4) is 0 Å². The normalized spacial score (nSPS) is 13.1. The first-order chi connectivity index (χ1) is 10.8. The summed E-state index contributed by atoms with van der Waals surface area (Å²) in [5.74, 6) is -0.479. The topological polar surface area (TPSA) is 32.3 Å². The van der Waals surface area contributed by atoms with Gasteiger partial charge in [-0.15, -0.1) is 11.3 Å². The van der Waals surface area contributed by atoms with Crippen molar-refractivity contribution in [3.8, 4) is 0 Å². The molecule has 0 bridgehead atoms. The fourth-order valence-electron chi connectivity index (χ4n) is 2.14. The highest BCUT2D eigenvalue weighted by atomic mass is 32.1. The van der Waals surface area contributed by atoms with Crippen LogP contribution in [0.1, 0.15) is 23.4 Å². The average molecular weight is 342 g/mol. The van der Waals surface area contributed by atoms with E-state index in [0.29, 0.717) is 0 Å². The van der Waals surface area contributed by atoms with Gasteiger partial charge in [-0.1, -0.05) is 18.2 Å². The summed E-state index contributed by atoms with van der Waals surface area (Å²) in [6.45, 7) is 1.95. The van der Waals surface area contributed by atoms with Gasteiger partial charge >= 0.3 is 6.18 Å². The first-order valence-electron chi connectivity index (χ1n) is 6.98. The molecule has 1 heterocycles. The third kappa shape index (κ3) is 4.56. The van der Waals surface area contributed by atoms with E-state index in [1.54, 1.807) is 23.3 Å². The Kier molecular flexibility index (Phi) is 5.43. The second kappa shape index (κ2) is 7.14. The minimum absolute atomic E-state index is 0.00522. The van der Waals surface area contributed by atoms with Gasteiger partial charge < -0.3 is 5.32 Å². The molecule has 0 fully saturated rings. The average Bonchev–Trinajstić information content (AvgIpc) is 2.99. The number of carbonyl (C=O) groups is 1. The number of alkyl halides is 3. The molecule has 1 aromatic heterocycles. The quantitative estimate of drug-likeness (QED) is 0.873. The Labute approximate surface area is 136 Å². The first-order valence-corrected chi connectivity index (χ1v) is 7.86. The Bertz CT molecular complexity index is 656. The van der Waals surface area contributed by atoms with E-state index in [4.69, 9.17) is 0 Å². The first kappa shape index (κ1) is 17.5. The maximum atomic E-state index is 12.9. The number of para-hydroxylation sites is 1. The van der Waals surface area contributed by atoms with Crippen molar-refractivity contribution in [1.29, 1.82) is 0 Å². The largest absolute Gasteiger partial charge is 0.418 e. The molecule has 2 aromatic rings. The zero-order valence-corrected chi connectivity index (χ0v) is 13.5. The summed E-state index contributed by atoms with van der Waals surface area (Å²) in [6, 6.07) is 8.86. The molecular formula is C16H17F3N2OS. The Balaban J connectivity index is 2.03. The van der Waals surface area contributed by atoms with Gasteiger partial charge in [-0.2, -0.15) is 13.2 Å². The van der Waals surface area contributed by atoms with E-state index in [1.165, 1.54) is 18.2 Å². The van der Waals surface area contributed by atoms with Crippen molar-refractivity contribution in [2.24, 2.45) is 0 Å². The highest BCUT2D eigenvalue weighted by molar-refractivity contribution is 7.10. The number of benzene rings is 1. The summed E-state index contributed by atoms with van der Waals surface area (Å²) < 4.78 is 38.7. The number of amides is 1. The molecule has 3 nitrogen and oxygen atoms in total. The second-order valence-corrected chi connectivity index (χ2v) is 6.18. The van der Waals surface area contributed by atoms with Crippen molar-refractivity contribution in [2.75, 3.05) is 18.9 Å². The lowest BCUT2D eigenvalue weighted by molar-refractivity contribution is -0.137. The molecular weight excluding hydrogens is 325 g/mol. The number of carbonyl (C=O) groups excluding carboxylic acids is 1. The second-order valence-electron chi connectivity index (χ2n) is 5.20. The Morgan fingerprint density at radius 3 is 2.57 bits per heavy atom. The molecule has 0 aliphatic rings. The van der Waals surface area contributed by atoms with Gasteiger partial charge in [0.2, 0.25) is 5.91 Å². The number of hydrogen-bond acceptors (Lipinski definition) is 3. The van der Waals surface area contributed by atoms with E-state index in [-0.39, 0.29) is 18.3 Å². The maximum Gasteiger partial charge on any atom is 0.418 e. The predicted octanol–water partition coefficient (Wildman–Crippen LogP) is 4.40. The summed E-state index contributed by atoms with van der Waals surface area (Å²) >= 11 is 1.57. The lowest BCUT2D eigenvalue weighted by Crippen LogP contribution is -2.32. The molecule has 1 aromatic carbocycles. The maximum absolute atomic E-state index is 12.9. The van der Waals surface area contributed by atoms with E-state index in [1.807, 2.05) is 24.4 Å². The van der Waals surface area contributed by atoms with E-state index >= 15 is 0 Å². The van der Waals surface area contributed by atoms with E-state index in [9.17, 15) is 18.0 Å². The SMILES string of the molecule is CC(c1cccs1)N(C)CC(=O)Nc1ccccc1C(F)(F)F. The van der Waals surface area contributed by atoms with Crippen LogP contribution in [0.2, 0.25) is 0 Å². The predicted molar refractivity (Wildman–Crippen MR) is 85.4 cm³/mol. The smallest absolute Gasteiger partial charge is 0.324 e. The third-order valence-corrected chi connectivity index (χ3v) is 4.56. The van der Waals surface area contributed by atoms with Gasteiger partial charge in [-0.05, 0) is 37.6 Å². The van der Waals surface area contributed by atoms with Gasteiger partial charge in [-0.3, -0.25) is 9.69 Å². The van der Waals surface area contributed by atoms with Gasteiger partial charge in [0, 0.05) is 10.9 Å². The lowest BCUT2D eigenvalue weighted by atomic mass is 10.1. The lowest BCUT2D eigenvalue weighted by Gasteiger charge is -2.23. The highest BCUT2D eigenvalue weighted by Gasteiger charge is 2.33. The van der Waals surface area contributed by atoms with Crippen LogP contribution in [0.4, 0.5) is 18.9 Å². The molecule has 2 rings (SSSR count). The van der Waals surface area contributed by atoms with Gasteiger partial charge in [0.25, 0.3) is 0 Å². The molecule has 23 heavy (non-hydrogen) atoms. The molecule has 124 valence electrons. The van der Waals surface area contributed by atoms with Gasteiger partial charge in [0.05, 0.1) is 17.8 Å². The monoisotopic (exact) mass is 342 g/mol. The van der Waals surface area contributed by atoms with Crippen LogP contribution in [-0.4, -0.2) is 24.4 Å². The van der Waals surface area contributed by atoms with Gasteiger partial charge in [0.1, 0.15) is 0 Å². The number of rotatable bonds is 5. The van der Waals surface area contributed by atoms with Gasteiger partial charge in [0.15, 0.2) is 0 Å². The standard InChI is InChI=1S/C16H17F3N2OS/c1-11(14-8-5-9-23-14)21(2)10-15(22)20-13-7-4-3-6-12(13)16(17,18)19/h3-9,11H,10H2,1-2H3,(H,20,22). The highest BCUT2D eigenvalue weighted by Crippen LogP contribution is 2.34. The zero-order valence-electron chi connectivity index (χ0n) is 12.7. The number of thiophene rings is 1. The Hall–Kier alpha value is -1.86. The summed E-state index contributed by atoms with van der Waals surface area (Å²) in [5.41, 5.74) is -1.07. The molecule has 0 aliphatic carbocycles. The van der Waals surface area contributed by atoms with E-state index in [0.717, 1.165) is 10.9 Å². The number of likely N-dealkylation sites (N-methyl/N-ethyl adjacent to an activating group) is 1. The van der Waals surface area contributed by atoms with Crippen molar-refractivity contribution in [3.63, 3.8) is 0 Å². The molecule has 1 amide bonds. The molecule has 7 heteroatoms. The Morgan fingerprint density at radius 2 is 1.96 bits per heavy atom. The van der Waals surface area contributed by atoms with Crippen molar-refractivity contribution >= 4 is 22.9 Å². The van der Waals surface area contributed by atoms with Crippen LogP contribution in [0.25, 0.3) is 0 Å². The molecule has 0 aliphatic heterocycles. The van der Waals surface area contributed by atoms with Crippen molar-refractivity contribution in [1.82, 2.24) is 4.90 Å². The number of anilines is 1. The zero-order chi connectivity index (χ0) is 17.0. The summed E-state index contributed by atoms with van der Waals surface area (Å²) in [7, 11) is 1.76. The van der Waals surface area contributed by atoms with Crippen LogP contribution >= 0.6 is 11.3 Å². The number of nitrogens with zero attached hydrogens (tertiary/aromatic N) is 1. The van der Waals surface area contributed by atoms with Crippen molar-refractivity contribution < 1.29 is 18.0 Å². The molecule has 1 N–H and O–H groups in total. The molecule has 0 saturated carbocycles. The number of hydrogen-bond donors (Lipinski definition) is 1. The van der Waals surface area contributed by atoms with Crippen LogP contribution in [0.5, 0.6) is 0 Å². The molecule has 0 spiro atoms. The Morgan fingerprint density at radius 1 is 1.26 bits per heavy atom. The minimum atomic E-state index is -4.50. The summed E-state index contributed by atoms with van der Waals surface area (Å²) in [6.07, 6.45) is -4.50.